The van der Waals surface area contributed by atoms with E-state index in [1.54, 1.807) is 0 Å². The average molecular weight is 242 g/mol. The summed E-state index contributed by atoms with van der Waals surface area (Å²) in [7, 11) is 0. The van der Waals surface area contributed by atoms with Crippen LogP contribution in [0.5, 0.6) is 0 Å². The molecular weight excluding hydrogens is 212 g/mol. The predicted octanol–water partition coefficient (Wildman–Crippen LogP) is 2.30. The Morgan fingerprint density at radius 1 is 1.41 bits per heavy atom. The third-order valence-electron chi connectivity index (χ3n) is 4.02. The van der Waals surface area contributed by atoms with Crippen LogP contribution >= 0.6 is 0 Å². The molecule has 0 amide bonds. The van der Waals surface area contributed by atoms with Crippen molar-refractivity contribution in [3.8, 4) is 0 Å². The van der Waals surface area contributed by atoms with Crippen LogP contribution in [0.25, 0.3) is 0 Å². The Balaban J connectivity index is 2.09. The van der Waals surface area contributed by atoms with Crippen molar-refractivity contribution in [1.82, 2.24) is 5.32 Å². The molecule has 3 atom stereocenters. The third-order valence-corrected chi connectivity index (χ3v) is 4.02. The molecule has 1 saturated carbocycles. The van der Waals surface area contributed by atoms with E-state index in [0.29, 0.717) is 18.2 Å². The van der Waals surface area contributed by atoms with Crippen LogP contribution < -0.4 is 11.1 Å². The van der Waals surface area contributed by atoms with Crippen molar-refractivity contribution in [2.75, 3.05) is 13.2 Å². The fraction of sp³-hybridized carbons (Fsp3) is 1.00. The molecule has 0 aromatic heterocycles. The van der Waals surface area contributed by atoms with Gasteiger partial charge in [-0.05, 0) is 39.7 Å². The van der Waals surface area contributed by atoms with Crippen LogP contribution in [-0.2, 0) is 4.74 Å². The molecule has 3 heteroatoms. The zero-order valence-corrected chi connectivity index (χ0v) is 12.0. The molecule has 0 aliphatic heterocycles. The van der Waals surface area contributed by atoms with Crippen molar-refractivity contribution >= 4 is 0 Å². The number of unbranched alkanes of at least 4 members (excludes halogenated alkanes) is 1. The fourth-order valence-corrected chi connectivity index (χ4v) is 2.58. The maximum atomic E-state index is 5.73. The van der Waals surface area contributed by atoms with Gasteiger partial charge in [-0.25, -0.2) is 0 Å². The predicted molar refractivity (Wildman–Crippen MR) is 73.1 cm³/mol. The van der Waals surface area contributed by atoms with E-state index in [-0.39, 0.29) is 5.41 Å². The lowest BCUT2D eigenvalue weighted by molar-refractivity contribution is -0.113. The van der Waals surface area contributed by atoms with Crippen LogP contribution in [0, 0.1) is 5.41 Å². The maximum absolute atomic E-state index is 5.73. The largest absolute Gasteiger partial charge is 0.378 e. The van der Waals surface area contributed by atoms with E-state index in [9.17, 15) is 0 Å². The van der Waals surface area contributed by atoms with Crippen LogP contribution in [-0.4, -0.2) is 31.3 Å². The van der Waals surface area contributed by atoms with Gasteiger partial charge in [0, 0.05) is 24.1 Å². The van der Waals surface area contributed by atoms with E-state index >= 15 is 0 Å². The summed E-state index contributed by atoms with van der Waals surface area (Å²) in [5.74, 6) is 0. The summed E-state index contributed by atoms with van der Waals surface area (Å²) in [4.78, 5) is 0. The lowest BCUT2D eigenvalue weighted by atomic mass is 9.64. The highest BCUT2D eigenvalue weighted by Gasteiger charge is 2.48. The van der Waals surface area contributed by atoms with Gasteiger partial charge in [0.1, 0.15) is 0 Å². The topological polar surface area (TPSA) is 47.3 Å². The highest BCUT2D eigenvalue weighted by molar-refractivity contribution is 5.02. The van der Waals surface area contributed by atoms with Crippen molar-refractivity contribution in [2.45, 2.75) is 71.6 Å². The molecule has 1 aliphatic carbocycles. The first-order valence-corrected chi connectivity index (χ1v) is 7.09. The summed E-state index contributed by atoms with van der Waals surface area (Å²) in [6, 6.07) is 0.965. The first-order valence-electron chi connectivity index (χ1n) is 7.09. The number of rotatable bonds is 8. The van der Waals surface area contributed by atoms with Crippen molar-refractivity contribution in [3.63, 3.8) is 0 Å². The molecule has 3 N–H and O–H groups in total. The van der Waals surface area contributed by atoms with Crippen molar-refractivity contribution in [2.24, 2.45) is 11.1 Å². The van der Waals surface area contributed by atoms with Gasteiger partial charge in [-0.15, -0.1) is 0 Å². The van der Waals surface area contributed by atoms with Gasteiger partial charge in [0.15, 0.2) is 0 Å². The van der Waals surface area contributed by atoms with Crippen LogP contribution in [0.1, 0.15) is 53.4 Å². The fourth-order valence-electron chi connectivity index (χ4n) is 2.58. The minimum atomic E-state index is 0.289. The van der Waals surface area contributed by atoms with Gasteiger partial charge in [-0.1, -0.05) is 20.3 Å². The Labute approximate surface area is 106 Å². The molecular formula is C14H30N2O. The number of hydrogen-bond donors (Lipinski definition) is 2. The van der Waals surface area contributed by atoms with Crippen molar-refractivity contribution in [3.05, 3.63) is 0 Å². The second-order valence-electron chi connectivity index (χ2n) is 5.98. The molecule has 17 heavy (non-hydrogen) atoms. The molecule has 0 bridgehead atoms. The molecule has 0 aromatic carbocycles. The number of hydrogen-bond acceptors (Lipinski definition) is 3. The number of nitrogens with two attached hydrogens (primary N) is 1. The first kappa shape index (κ1) is 14.9. The van der Waals surface area contributed by atoms with Crippen LogP contribution in [0.4, 0.5) is 0 Å². The minimum absolute atomic E-state index is 0.289. The second kappa shape index (κ2) is 6.72. The second-order valence-corrected chi connectivity index (χ2v) is 5.98. The molecule has 0 radical (unpaired) electrons. The summed E-state index contributed by atoms with van der Waals surface area (Å²) in [6.07, 6.45) is 5.19. The van der Waals surface area contributed by atoms with Crippen LogP contribution in [0.2, 0.25) is 0 Å². The highest BCUT2D eigenvalue weighted by atomic mass is 16.5. The summed E-state index contributed by atoms with van der Waals surface area (Å²) >= 11 is 0. The maximum Gasteiger partial charge on any atom is 0.0655 e. The van der Waals surface area contributed by atoms with Gasteiger partial charge in [0.2, 0.25) is 0 Å². The van der Waals surface area contributed by atoms with Crippen LogP contribution in [0.3, 0.4) is 0 Å². The van der Waals surface area contributed by atoms with Crippen LogP contribution in [0.15, 0.2) is 0 Å². The molecule has 102 valence electrons. The highest BCUT2D eigenvalue weighted by Crippen LogP contribution is 2.42. The van der Waals surface area contributed by atoms with E-state index in [2.05, 4.69) is 33.0 Å². The van der Waals surface area contributed by atoms with Gasteiger partial charge in [-0.3, -0.25) is 0 Å². The van der Waals surface area contributed by atoms with E-state index in [4.69, 9.17) is 10.5 Å². The quantitative estimate of drug-likeness (QED) is 0.642. The summed E-state index contributed by atoms with van der Waals surface area (Å²) in [5, 5.41) is 3.65. The van der Waals surface area contributed by atoms with Gasteiger partial charge in [0.05, 0.1) is 6.10 Å². The normalized spacial score (nSPS) is 28.8. The van der Waals surface area contributed by atoms with E-state index in [0.717, 1.165) is 26.0 Å². The Morgan fingerprint density at radius 3 is 2.65 bits per heavy atom. The number of ether oxygens (including phenoxy) is 1. The molecule has 3 unspecified atom stereocenters. The molecule has 3 nitrogen and oxygen atoms in total. The van der Waals surface area contributed by atoms with Crippen molar-refractivity contribution < 1.29 is 4.74 Å². The molecule has 0 spiro atoms. The summed E-state index contributed by atoms with van der Waals surface area (Å²) in [6.45, 7) is 10.7. The summed E-state index contributed by atoms with van der Waals surface area (Å²) < 4.78 is 5.73. The zero-order valence-electron chi connectivity index (χ0n) is 12.0. The lowest BCUT2D eigenvalue weighted by Gasteiger charge is -2.52. The van der Waals surface area contributed by atoms with E-state index in [1.165, 1.54) is 12.8 Å². The SMILES string of the molecule is CCOC1CC(NCCCCC(C)N)C1(C)C. The van der Waals surface area contributed by atoms with Gasteiger partial charge < -0.3 is 15.8 Å². The number of nitrogens with one attached hydrogen (secondary N) is 1. The van der Waals surface area contributed by atoms with Gasteiger partial charge in [-0.2, -0.15) is 0 Å². The Morgan fingerprint density at radius 2 is 2.12 bits per heavy atom. The smallest absolute Gasteiger partial charge is 0.0655 e. The molecule has 0 aromatic rings. The Bertz CT molecular complexity index is 216. The molecule has 1 rings (SSSR count). The minimum Gasteiger partial charge on any atom is -0.378 e. The standard InChI is InChI=1S/C14H30N2O/c1-5-17-13-10-12(14(13,3)4)16-9-7-6-8-11(2)15/h11-13,16H,5-10,15H2,1-4H3. The molecule has 0 saturated heterocycles. The molecule has 0 heterocycles. The molecule has 1 fully saturated rings. The zero-order chi connectivity index (χ0) is 12.9. The van der Waals surface area contributed by atoms with Gasteiger partial charge >= 0.3 is 0 Å². The van der Waals surface area contributed by atoms with E-state index < -0.39 is 0 Å². The summed E-state index contributed by atoms with van der Waals surface area (Å²) in [5.41, 5.74) is 6.02. The molecule has 1 aliphatic rings. The van der Waals surface area contributed by atoms with Gasteiger partial charge in [0.25, 0.3) is 0 Å². The first-order chi connectivity index (χ1) is 7.98. The lowest BCUT2D eigenvalue weighted by Crippen LogP contribution is -2.61. The Hall–Kier alpha value is -0.120. The average Bonchev–Trinajstić information content (AvgIpc) is 2.25. The monoisotopic (exact) mass is 242 g/mol. The van der Waals surface area contributed by atoms with Crippen molar-refractivity contribution in [1.29, 1.82) is 0 Å². The Kier molecular flexibility index (Phi) is 5.90. The third kappa shape index (κ3) is 4.23. The van der Waals surface area contributed by atoms with E-state index in [1.807, 2.05) is 0 Å².